The van der Waals surface area contributed by atoms with E-state index in [9.17, 15) is 13.2 Å². The molecule has 22 heavy (non-hydrogen) atoms. The molecule has 3 heteroatoms. The largest absolute Gasteiger partial charge is 0.389 e. The molecule has 2 fully saturated rings. The van der Waals surface area contributed by atoms with Gasteiger partial charge in [0.05, 0.1) is 0 Å². The van der Waals surface area contributed by atoms with Crippen LogP contribution < -0.4 is 0 Å². The summed E-state index contributed by atoms with van der Waals surface area (Å²) in [6.45, 7) is 0. The summed E-state index contributed by atoms with van der Waals surface area (Å²) in [5, 5.41) is 0. The molecule has 0 aliphatic heterocycles. The minimum absolute atomic E-state index is 0.293. The van der Waals surface area contributed by atoms with Crippen LogP contribution in [-0.2, 0) is 6.42 Å². The van der Waals surface area contributed by atoms with Crippen molar-refractivity contribution in [1.29, 1.82) is 0 Å². The number of aryl methyl sites for hydroxylation is 1. The van der Waals surface area contributed by atoms with E-state index in [0.29, 0.717) is 17.8 Å². The lowest BCUT2D eigenvalue weighted by Crippen LogP contribution is -2.43. The quantitative estimate of drug-likeness (QED) is 0.609. The molecule has 0 spiro atoms. The van der Waals surface area contributed by atoms with Crippen LogP contribution in [0, 0.1) is 17.3 Å². The van der Waals surface area contributed by atoms with Crippen molar-refractivity contribution in [3.8, 4) is 0 Å². The molecule has 0 saturated heterocycles. The van der Waals surface area contributed by atoms with Gasteiger partial charge in [0.25, 0.3) is 0 Å². The second kappa shape index (κ2) is 5.01. The van der Waals surface area contributed by atoms with Gasteiger partial charge in [-0.2, -0.15) is 13.2 Å². The van der Waals surface area contributed by atoms with E-state index in [0.717, 1.165) is 44.9 Å². The third-order valence-electron chi connectivity index (χ3n) is 6.72. The number of hydrogen-bond acceptors (Lipinski definition) is 0. The number of alkyl halides is 3. The van der Waals surface area contributed by atoms with Gasteiger partial charge in [-0.05, 0) is 72.8 Å². The Morgan fingerprint density at radius 2 is 1.86 bits per heavy atom. The molecule has 1 aromatic carbocycles. The van der Waals surface area contributed by atoms with Crippen molar-refractivity contribution in [2.45, 2.75) is 63.5 Å². The smallest absolute Gasteiger partial charge is 0.171 e. The zero-order chi connectivity index (χ0) is 15.4. The Morgan fingerprint density at radius 3 is 2.68 bits per heavy atom. The summed E-state index contributed by atoms with van der Waals surface area (Å²) in [6.07, 6.45) is 2.10. The molecular weight excluding hydrogens is 285 g/mol. The van der Waals surface area contributed by atoms with E-state index >= 15 is 0 Å². The number of rotatable bonds is 1. The van der Waals surface area contributed by atoms with Crippen molar-refractivity contribution < 1.29 is 13.2 Å². The fourth-order valence-corrected chi connectivity index (χ4v) is 6.02. The SMILES string of the molecule is FC(F)(F)C[C@@]12CCC[C@H]1[C@@H]1CCc3ccccc3[C@H]1CC2. The Bertz CT molecular complexity index is 562. The molecule has 4 atom stereocenters. The van der Waals surface area contributed by atoms with Crippen LogP contribution >= 0.6 is 0 Å². The van der Waals surface area contributed by atoms with Gasteiger partial charge in [0.2, 0.25) is 0 Å². The highest BCUT2D eigenvalue weighted by molar-refractivity contribution is 5.34. The molecule has 0 amide bonds. The van der Waals surface area contributed by atoms with Gasteiger partial charge in [0, 0.05) is 6.42 Å². The lowest BCUT2D eigenvalue weighted by atomic mass is 9.54. The molecule has 120 valence electrons. The molecule has 0 N–H and O–H groups in total. The first-order valence-corrected chi connectivity index (χ1v) is 8.63. The second-order valence-corrected chi connectivity index (χ2v) is 7.70. The first-order valence-electron chi connectivity index (χ1n) is 8.63. The Morgan fingerprint density at radius 1 is 1.05 bits per heavy atom. The molecule has 0 radical (unpaired) electrons. The second-order valence-electron chi connectivity index (χ2n) is 7.70. The molecule has 2 saturated carbocycles. The Balaban J connectivity index is 1.66. The van der Waals surface area contributed by atoms with E-state index in [1.54, 1.807) is 0 Å². The van der Waals surface area contributed by atoms with E-state index in [4.69, 9.17) is 0 Å². The highest BCUT2D eigenvalue weighted by Crippen LogP contribution is 2.63. The van der Waals surface area contributed by atoms with Crippen LogP contribution in [0.25, 0.3) is 0 Å². The predicted molar refractivity (Wildman–Crippen MR) is 80.7 cm³/mol. The zero-order valence-electron chi connectivity index (χ0n) is 12.8. The zero-order valence-corrected chi connectivity index (χ0v) is 12.8. The van der Waals surface area contributed by atoms with Crippen molar-refractivity contribution in [2.75, 3.05) is 0 Å². The van der Waals surface area contributed by atoms with Gasteiger partial charge in [0.15, 0.2) is 0 Å². The molecule has 0 nitrogen and oxygen atoms in total. The molecule has 0 heterocycles. The van der Waals surface area contributed by atoms with Gasteiger partial charge >= 0.3 is 6.18 Å². The standard InChI is InChI=1S/C19H23F3/c20-19(21,22)12-18-10-3-6-17(18)16-8-7-13-4-1-2-5-14(13)15(16)9-11-18/h1-2,4-5,15-17H,3,6-12H2/t15-,16-,17+,18+/m1/s1. The molecule has 0 unspecified atom stereocenters. The molecule has 0 bridgehead atoms. The van der Waals surface area contributed by atoms with Crippen LogP contribution in [0.2, 0.25) is 0 Å². The van der Waals surface area contributed by atoms with Crippen LogP contribution in [0.5, 0.6) is 0 Å². The summed E-state index contributed by atoms with van der Waals surface area (Å²) >= 11 is 0. The summed E-state index contributed by atoms with van der Waals surface area (Å²) in [4.78, 5) is 0. The fraction of sp³-hybridized carbons (Fsp3) is 0.684. The number of benzene rings is 1. The Hall–Kier alpha value is -0.990. The molecule has 3 aliphatic carbocycles. The maximum absolute atomic E-state index is 13.1. The van der Waals surface area contributed by atoms with Gasteiger partial charge in [0.1, 0.15) is 0 Å². The number of halogens is 3. The van der Waals surface area contributed by atoms with Crippen LogP contribution in [-0.4, -0.2) is 6.18 Å². The summed E-state index contributed by atoms with van der Waals surface area (Å²) in [6, 6.07) is 8.61. The van der Waals surface area contributed by atoms with Crippen LogP contribution in [0.15, 0.2) is 24.3 Å². The van der Waals surface area contributed by atoms with E-state index in [1.807, 2.05) is 0 Å². The Kier molecular flexibility index (Phi) is 3.32. The topological polar surface area (TPSA) is 0 Å². The summed E-state index contributed by atoms with van der Waals surface area (Å²) in [7, 11) is 0. The van der Waals surface area contributed by atoms with E-state index in [2.05, 4.69) is 24.3 Å². The van der Waals surface area contributed by atoms with E-state index < -0.39 is 18.0 Å². The first-order chi connectivity index (χ1) is 10.5. The number of fused-ring (bicyclic) bond motifs is 5. The van der Waals surface area contributed by atoms with Gasteiger partial charge < -0.3 is 0 Å². The van der Waals surface area contributed by atoms with Crippen molar-refractivity contribution in [3.63, 3.8) is 0 Å². The van der Waals surface area contributed by atoms with Crippen molar-refractivity contribution in [3.05, 3.63) is 35.4 Å². The predicted octanol–water partition coefficient (Wildman–Crippen LogP) is 5.87. The van der Waals surface area contributed by atoms with Crippen LogP contribution in [0.3, 0.4) is 0 Å². The fourth-order valence-electron chi connectivity index (χ4n) is 6.02. The molecule has 3 aliphatic rings. The minimum Gasteiger partial charge on any atom is -0.171 e. The van der Waals surface area contributed by atoms with Gasteiger partial charge in [-0.15, -0.1) is 0 Å². The van der Waals surface area contributed by atoms with Gasteiger partial charge in [-0.3, -0.25) is 0 Å². The average molecular weight is 308 g/mol. The summed E-state index contributed by atoms with van der Waals surface area (Å²) in [5.41, 5.74) is 2.43. The maximum atomic E-state index is 13.1. The minimum atomic E-state index is -4.01. The third kappa shape index (κ3) is 2.28. The van der Waals surface area contributed by atoms with Crippen molar-refractivity contribution >= 4 is 0 Å². The monoisotopic (exact) mass is 308 g/mol. The molecule has 0 aromatic heterocycles. The highest BCUT2D eigenvalue weighted by atomic mass is 19.4. The maximum Gasteiger partial charge on any atom is 0.389 e. The number of hydrogen-bond donors (Lipinski definition) is 0. The lowest BCUT2D eigenvalue weighted by Gasteiger charge is -2.51. The Labute approximate surface area is 130 Å². The molecular formula is C19H23F3. The lowest BCUT2D eigenvalue weighted by molar-refractivity contribution is -0.172. The van der Waals surface area contributed by atoms with Crippen molar-refractivity contribution in [1.82, 2.24) is 0 Å². The highest BCUT2D eigenvalue weighted by Gasteiger charge is 2.56. The normalized spacial score (nSPS) is 37.3. The van der Waals surface area contributed by atoms with Gasteiger partial charge in [-0.1, -0.05) is 30.7 Å². The van der Waals surface area contributed by atoms with E-state index in [-0.39, 0.29) is 0 Å². The van der Waals surface area contributed by atoms with Gasteiger partial charge in [-0.25, -0.2) is 0 Å². The average Bonchev–Trinajstić information content (AvgIpc) is 2.88. The van der Waals surface area contributed by atoms with Crippen molar-refractivity contribution in [2.24, 2.45) is 17.3 Å². The summed E-state index contributed by atoms with van der Waals surface area (Å²) < 4.78 is 39.4. The van der Waals surface area contributed by atoms with Crippen LogP contribution in [0.4, 0.5) is 13.2 Å². The first kappa shape index (κ1) is 14.6. The van der Waals surface area contributed by atoms with E-state index in [1.165, 1.54) is 11.1 Å². The molecule has 4 rings (SSSR count). The summed E-state index contributed by atoms with van der Waals surface area (Å²) in [5.74, 6) is 1.28. The third-order valence-corrected chi connectivity index (χ3v) is 6.72. The van der Waals surface area contributed by atoms with Crippen LogP contribution in [0.1, 0.15) is 62.0 Å². The molecule has 1 aromatic rings.